The molecule has 1 aromatic rings. The Kier molecular flexibility index (Phi) is 5.48. The Balaban J connectivity index is 2.45. The maximum absolute atomic E-state index is 9.58. The van der Waals surface area contributed by atoms with Crippen LogP contribution in [0.25, 0.3) is 0 Å². The number of rotatable bonds is 6. The summed E-state index contributed by atoms with van der Waals surface area (Å²) in [7, 11) is 0. The van der Waals surface area contributed by atoms with Crippen molar-refractivity contribution in [2.75, 3.05) is 0 Å². The lowest BCUT2D eigenvalue weighted by Crippen LogP contribution is -2.09. The van der Waals surface area contributed by atoms with Gasteiger partial charge in [0.15, 0.2) is 0 Å². The van der Waals surface area contributed by atoms with Crippen LogP contribution in [0.4, 0.5) is 0 Å². The lowest BCUT2D eigenvalue weighted by atomic mass is 10.1. The highest BCUT2D eigenvalue weighted by atomic mass is 16.6. The number of allylic oxidation sites excluding steroid dienone is 1. The number of benzene rings is 1. The molecule has 0 aromatic heterocycles. The molecule has 0 fully saturated rings. The Hall–Kier alpha value is -1.44. The molecule has 1 aromatic carbocycles. The summed E-state index contributed by atoms with van der Waals surface area (Å²) in [6.07, 6.45) is 4.37. The SMILES string of the molecule is CCC(CC)OC(O)=CCc1ccccc1. The first-order chi connectivity index (χ1) is 7.76. The van der Waals surface area contributed by atoms with E-state index in [1.165, 1.54) is 5.56 Å². The maximum atomic E-state index is 9.58. The second-order valence-corrected chi connectivity index (χ2v) is 3.79. The third-order valence-electron chi connectivity index (χ3n) is 2.55. The van der Waals surface area contributed by atoms with Gasteiger partial charge in [-0.2, -0.15) is 0 Å². The van der Waals surface area contributed by atoms with Crippen molar-refractivity contribution in [3.63, 3.8) is 0 Å². The van der Waals surface area contributed by atoms with Gasteiger partial charge in [0.05, 0.1) is 0 Å². The molecule has 16 heavy (non-hydrogen) atoms. The van der Waals surface area contributed by atoms with Gasteiger partial charge in [0.25, 0.3) is 5.95 Å². The molecule has 0 bridgehead atoms. The lowest BCUT2D eigenvalue weighted by Gasteiger charge is -2.14. The van der Waals surface area contributed by atoms with Crippen LogP contribution in [0.3, 0.4) is 0 Å². The van der Waals surface area contributed by atoms with Crippen molar-refractivity contribution in [2.45, 2.75) is 39.2 Å². The van der Waals surface area contributed by atoms with Crippen LogP contribution in [0, 0.1) is 0 Å². The van der Waals surface area contributed by atoms with Gasteiger partial charge in [-0.1, -0.05) is 44.2 Å². The Morgan fingerprint density at radius 2 is 1.88 bits per heavy atom. The first kappa shape index (κ1) is 12.6. The van der Waals surface area contributed by atoms with Gasteiger partial charge in [-0.3, -0.25) is 0 Å². The van der Waals surface area contributed by atoms with Crippen LogP contribution in [0.5, 0.6) is 0 Å². The molecule has 2 nitrogen and oxygen atoms in total. The minimum Gasteiger partial charge on any atom is -0.481 e. The van der Waals surface area contributed by atoms with Crippen molar-refractivity contribution in [2.24, 2.45) is 0 Å². The van der Waals surface area contributed by atoms with Crippen LogP contribution in [-0.4, -0.2) is 11.2 Å². The van der Waals surface area contributed by atoms with Crippen LogP contribution >= 0.6 is 0 Å². The smallest absolute Gasteiger partial charge is 0.272 e. The van der Waals surface area contributed by atoms with E-state index in [-0.39, 0.29) is 12.0 Å². The lowest BCUT2D eigenvalue weighted by molar-refractivity contribution is 0.0275. The molecule has 0 atom stereocenters. The van der Waals surface area contributed by atoms with Crippen LogP contribution < -0.4 is 0 Å². The van der Waals surface area contributed by atoms with Crippen molar-refractivity contribution in [1.82, 2.24) is 0 Å². The third-order valence-corrected chi connectivity index (χ3v) is 2.55. The molecule has 0 spiro atoms. The van der Waals surface area contributed by atoms with Crippen molar-refractivity contribution in [3.8, 4) is 0 Å². The molecule has 0 aliphatic carbocycles. The number of aliphatic hydroxyl groups excluding tert-OH is 1. The molecule has 0 saturated carbocycles. The second kappa shape index (κ2) is 6.94. The van der Waals surface area contributed by atoms with Gasteiger partial charge in [-0.25, -0.2) is 0 Å². The van der Waals surface area contributed by atoms with Crippen molar-refractivity contribution in [1.29, 1.82) is 0 Å². The van der Waals surface area contributed by atoms with E-state index in [0.29, 0.717) is 6.42 Å². The van der Waals surface area contributed by atoms with Gasteiger partial charge in [0.2, 0.25) is 0 Å². The van der Waals surface area contributed by atoms with E-state index < -0.39 is 0 Å². The number of ether oxygens (including phenoxy) is 1. The zero-order valence-electron chi connectivity index (χ0n) is 10.0. The molecule has 0 heterocycles. The Morgan fingerprint density at radius 3 is 2.44 bits per heavy atom. The fourth-order valence-corrected chi connectivity index (χ4v) is 1.49. The Labute approximate surface area is 97.6 Å². The molecule has 2 heteroatoms. The molecule has 0 radical (unpaired) electrons. The highest BCUT2D eigenvalue weighted by Crippen LogP contribution is 2.09. The van der Waals surface area contributed by atoms with Gasteiger partial charge >= 0.3 is 0 Å². The zero-order chi connectivity index (χ0) is 11.8. The first-order valence-electron chi connectivity index (χ1n) is 5.86. The molecule has 0 amide bonds. The van der Waals surface area contributed by atoms with E-state index >= 15 is 0 Å². The van der Waals surface area contributed by atoms with Gasteiger partial charge in [0, 0.05) is 6.08 Å². The average Bonchev–Trinajstić information content (AvgIpc) is 2.34. The summed E-state index contributed by atoms with van der Waals surface area (Å²) in [6.45, 7) is 4.11. The predicted octanol–water partition coefficient (Wildman–Crippen LogP) is 3.83. The number of hydrogen-bond donors (Lipinski definition) is 1. The molecule has 88 valence electrons. The maximum Gasteiger partial charge on any atom is 0.272 e. The van der Waals surface area contributed by atoms with Crippen molar-refractivity contribution in [3.05, 3.63) is 47.9 Å². The second-order valence-electron chi connectivity index (χ2n) is 3.79. The monoisotopic (exact) mass is 220 g/mol. The quantitative estimate of drug-likeness (QED) is 0.738. The van der Waals surface area contributed by atoms with Crippen LogP contribution in [0.15, 0.2) is 42.4 Å². The van der Waals surface area contributed by atoms with E-state index in [1.54, 1.807) is 6.08 Å². The van der Waals surface area contributed by atoms with E-state index in [9.17, 15) is 5.11 Å². The summed E-state index contributed by atoms with van der Waals surface area (Å²) < 4.78 is 5.39. The summed E-state index contributed by atoms with van der Waals surface area (Å²) >= 11 is 0. The fraction of sp³-hybridized carbons (Fsp3) is 0.429. The largest absolute Gasteiger partial charge is 0.481 e. The average molecular weight is 220 g/mol. The third kappa shape index (κ3) is 4.39. The molecule has 0 unspecified atom stereocenters. The number of aliphatic hydroxyl groups is 1. The van der Waals surface area contributed by atoms with E-state index in [1.807, 2.05) is 30.3 Å². The molecule has 0 aliphatic heterocycles. The van der Waals surface area contributed by atoms with Crippen LogP contribution in [0.1, 0.15) is 32.3 Å². The molecule has 0 saturated heterocycles. The predicted molar refractivity (Wildman–Crippen MR) is 66.3 cm³/mol. The van der Waals surface area contributed by atoms with Gasteiger partial charge in [-0.05, 0) is 24.8 Å². The topological polar surface area (TPSA) is 29.5 Å². The zero-order valence-corrected chi connectivity index (χ0v) is 10.0. The fourth-order valence-electron chi connectivity index (χ4n) is 1.49. The summed E-state index contributed by atoms with van der Waals surface area (Å²) in [4.78, 5) is 0. The summed E-state index contributed by atoms with van der Waals surface area (Å²) in [5.74, 6) is 0.0394. The van der Waals surface area contributed by atoms with Crippen LogP contribution in [-0.2, 0) is 11.2 Å². The highest BCUT2D eigenvalue weighted by molar-refractivity contribution is 5.17. The summed E-state index contributed by atoms with van der Waals surface area (Å²) in [5.41, 5.74) is 1.17. The Morgan fingerprint density at radius 1 is 1.25 bits per heavy atom. The Bertz CT molecular complexity index is 313. The van der Waals surface area contributed by atoms with Crippen molar-refractivity contribution >= 4 is 0 Å². The van der Waals surface area contributed by atoms with E-state index in [2.05, 4.69) is 13.8 Å². The van der Waals surface area contributed by atoms with Gasteiger partial charge < -0.3 is 9.84 Å². The summed E-state index contributed by atoms with van der Waals surface area (Å²) in [5, 5.41) is 9.58. The minimum absolute atomic E-state index is 0.0394. The van der Waals surface area contributed by atoms with Gasteiger partial charge in [-0.15, -0.1) is 0 Å². The highest BCUT2D eigenvalue weighted by Gasteiger charge is 2.05. The molecular formula is C14H20O2. The first-order valence-corrected chi connectivity index (χ1v) is 5.86. The summed E-state index contributed by atoms with van der Waals surface area (Å²) in [6, 6.07) is 10.0. The van der Waals surface area contributed by atoms with E-state index in [4.69, 9.17) is 4.74 Å². The molecule has 1 N–H and O–H groups in total. The van der Waals surface area contributed by atoms with Crippen LogP contribution in [0.2, 0.25) is 0 Å². The van der Waals surface area contributed by atoms with Gasteiger partial charge in [0.1, 0.15) is 6.10 Å². The van der Waals surface area contributed by atoms with Crippen molar-refractivity contribution < 1.29 is 9.84 Å². The minimum atomic E-state index is 0.0394. The molecular weight excluding hydrogens is 200 g/mol. The standard InChI is InChI=1S/C14H20O2/c1-3-13(4-2)16-14(15)11-10-12-8-6-5-7-9-12/h5-9,11,13,15H,3-4,10H2,1-2H3. The van der Waals surface area contributed by atoms with E-state index in [0.717, 1.165) is 12.8 Å². The normalized spacial score (nSPS) is 11.8. The molecule has 1 rings (SSSR count). The number of hydrogen-bond acceptors (Lipinski definition) is 2. The molecule has 0 aliphatic rings.